The molecule has 1 heterocycles. The van der Waals surface area contributed by atoms with E-state index in [0.717, 1.165) is 12.1 Å². The molecule has 0 saturated heterocycles. The molecule has 70 valence electrons. The van der Waals surface area contributed by atoms with E-state index in [0.29, 0.717) is 0 Å². The van der Waals surface area contributed by atoms with Crippen LogP contribution in [0, 0.1) is 5.95 Å². The maximum absolute atomic E-state index is 12.9. The van der Waals surface area contributed by atoms with Crippen LogP contribution in [-0.2, 0) is 4.74 Å². The number of halogens is 1. The molecule has 0 saturated carbocycles. The van der Waals surface area contributed by atoms with Crippen LogP contribution in [0.5, 0.6) is 0 Å². The Balaban J connectivity index is 3.02. The van der Waals surface area contributed by atoms with E-state index in [9.17, 15) is 14.0 Å². The highest BCUT2D eigenvalue weighted by atomic mass is 19.1. The number of aromatic nitrogens is 1. The zero-order chi connectivity index (χ0) is 9.84. The molecule has 4 nitrogen and oxygen atoms in total. The summed E-state index contributed by atoms with van der Waals surface area (Å²) in [6.45, 7) is 1.78. The van der Waals surface area contributed by atoms with Crippen LogP contribution < -0.4 is 5.56 Å². The van der Waals surface area contributed by atoms with E-state index in [-0.39, 0.29) is 12.2 Å². The van der Waals surface area contributed by atoms with Crippen LogP contribution in [0.3, 0.4) is 0 Å². The molecular weight excluding hydrogens is 177 g/mol. The summed E-state index contributed by atoms with van der Waals surface area (Å²) in [5.41, 5.74) is -0.855. The van der Waals surface area contributed by atoms with E-state index in [1.807, 2.05) is 4.98 Å². The summed E-state index contributed by atoms with van der Waals surface area (Å²) in [7, 11) is 0. The minimum absolute atomic E-state index is 0.164. The van der Waals surface area contributed by atoms with Crippen LogP contribution >= 0.6 is 0 Å². The van der Waals surface area contributed by atoms with Crippen molar-refractivity contribution in [2.24, 2.45) is 0 Å². The minimum atomic E-state index is -0.967. The van der Waals surface area contributed by atoms with Crippen LogP contribution in [-0.4, -0.2) is 17.6 Å². The highest BCUT2D eigenvalue weighted by Crippen LogP contribution is 2.02. The number of aromatic amines is 1. The number of H-pyrrole nitrogens is 1. The Morgan fingerprint density at radius 3 is 2.85 bits per heavy atom. The van der Waals surface area contributed by atoms with Crippen molar-refractivity contribution in [1.29, 1.82) is 0 Å². The van der Waals surface area contributed by atoms with Crippen molar-refractivity contribution in [1.82, 2.24) is 4.98 Å². The average Bonchev–Trinajstić information content (AvgIpc) is 2.04. The summed E-state index contributed by atoms with van der Waals surface area (Å²) < 4.78 is 17.4. The molecular formula is C8H8FNO3. The van der Waals surface area contributed by atoms with Gasteiger partial charge in [0, 0.05) is 6.07 Å². The van der Waals surface area contributed by atoms with Gasteiger partial charge in [0.15, 0.2) is 0 Å². The van der Waals surface area contributed by atoms with Crippen LogP contribution in [0.15, 0.2) is 16.9 Å². The normalized spacial score (nSPS) is 9.69. The van der Waals surface area contributed by atoms with Gasteiger partial charge in [-0.15, -0.1) is 0 Å². The Hall–Kier alpha value is -1.65. The number of nitrogens with one attached hydrogen (secondary N) is 1. The standard InChI is InChI=1S/C8H8FNO3/c1-2-13-8(12)5-3-4-6(11)10-7(5)9/h3-4H,2H2,1H3,(H,10,11). The summed E-state index contributed by atoms with van der Waals surface area (Å²) in [6.07, 6.45) is 0. The smallest absolute Gasteiger partial charge is 0.342 e. The molecule has 1 aromatic heterocycles. The second-order valence-corrected chi connectivity index (χ2v) is 2.27. The first-order valence-corrected chi connectivity index (χ1v) is 3.71. The fourth-order valence-electron chi connectivity index (χ4n) is 0.816. The number of pyridine rings is 1. The zero-order valence-corrected chi connectivity index (χ0v) is 6.96. The number of ether oxygens (including phenoxy) is 1. The van der Waals surface area contributed by atoms with Gasteiger partial charge in [-0.3, -0.25) is 9.78 Å². The molecule has 0 unspecified atom stereocenters. The molecule has 13 heavy (non-hydrogen) atoms. The maximum Gasteiger partial charge on any atom is 0.342 e. The van der Waals surface area contributed by atoms with Gasteiger partial charge in [0.1, 0.15) is 5.56 Å². The van der Waals surface area contributed by atoms with E-state index in [2.05, 4.69) is 4.74 Å². The van der Waals surface area contributed by atoms with Gasteiger partial charge in [-0.1, -0.05) is 0 Å². The van der Waals surface area contributed by atoms with Crippen molar-refractivity contribution in [3.05, 3.63) is 34.0 Å². The molecule has 0 aromatic carbocycles. The third-order valence-electron chi connectivity index (χ3n) is 1.37. The van der Waals surface area contributed by atoms with E-state index < -0.39 is 17.5 Å². The Morgan fingerprint density at radius 2 is 2.31 bits per heavy atom. The maximum atomic E-state index is 12.9. The average molecular weight is 185 g/mol. The van der Waals surface area contributed by atoms with Crippen LogP contribution in [0.1, 0.15) is 17.3 Å². The summed E-state index contributed by atoms with van der Waals surface area (Å²) >= 11 is 0. The molecule has 0 aliphatic carbocycles. The van der Waals surface area contributed by atoms with Crippen molar-refractivity contribution in [2.45, 2.75) is 6.92 Å². The molecule has 1 N–H and O–H groups in total. The van der Waals surface area contributed by atoms with Crippen molar-refractivity contribution >= 4 is 5.97 Å². The topological polar surface area (TPSA) is 59.2 Å². The summed E-state index contributed by atoms with van der Waals surface area (Å²) in [6, 6.07) is 2.15. The lowest BCUT2D eigenvalue weighted by atomic mass is 10.3. The minimum Gasteiger partial charge on any atom is -0.462 e. The lowest BCUT2D eigenvalue weighted by Crippen LogP contribution is -2.14. The Bertz CT molecular complexity index is 372. The van der Waals surface area contributed by atoms with Crippen molar-refractivity contribution in [2.75, 3.05) is 6.61 Å². The number of carbonyl (C=O) groups excluding carboxylic acids is 1. The molecule has 0 atom stereocenters. The van der Waals surface area contributed by atoms with E-state index in [1.54, 1.807) is 6.92 Å². The molecule has 0 amide bonds. The van der Waals surface area contributed by atoms with Gasteiger partial charge in [-0.05, 0) is 13.0 Å². The Kier molecular flexibility index (Phi) is 2.79. The van der Waals surface area contributed by atoms with Gasteiger partial charge in [0.2, 0.25) is 11.5 Å². The monoisotopic (exact) mass is 185 g/mol. The van der Waals surface area contributed by atoms with Crippen molar-refractivity contribution < 1.29 is 13.9 Å². The Labute approximate surface area is 73.3 Å². The summed E-state index contributed by atoms with van der Waals surface area (Å²) in [5, 5.41) is 0. The SMILES string of the molecule is CCOC(=O)c1ccc(=O)[nH]c1F. The summed E-state index contributed by atoms with van der Waals surface area (Å²) in [4.78, 5) is 23.4. The molecule has 0 spiro atoms. The Morgan fingerprint density at radius 1 is 1.62 bits per heavy atom. The van der Waals surface area contributed by atoms with Crippen molar-refractivity contribution in [3.63, 3.8) is 0 Å². The predicted molar refractivity (Wildman–Crippen MR) is 43.0 cm³/mol. The lowest BCUT2D eigenvalue weighted by molar-refractivity contribution is 0.0520. The number of hydrogen-bond donors (Lipinski definition) is 1. The van der Waals surface area contributed by atoms with Gasteiger partial charge >= 0.3 is 5.97 Å². The number of hydrogen-bond acceptors (Lipinski definition) is 3. The van der Waals surface area contributed by atoms with E-state index in [4.69, 9.17) is 0 Å². The van der Waals surface area contributed by atoms with Gasteiger partial charge in [-0.25, -0.2) is 4.79 Å². The lowest BCUT2D eigenvalue weighted by Gasteiger charge is -2.01. The van der Waals surface area contributed by atoms with Crippen LogP contribution in [0.4, 0.5) is 4.39 Å². The van der Waals surface area contributed by atoms with Gasteiger partial charge < -0.3 is 4.74 Å². The first kappa shape index (κ1) is 9.44. The quantitative estimate of drug-likeness (QED) is 0.544. The molecule has 1 aromatic rings. The molecule has 0 aliphatic heterocycles. The molecule has 1 rings (SSSR count). The fourth-order valence-corrected chi connectivity index (χ4v) is 0.816. The van der Waals surface area contributed by atoms with Gasteiger partial charge in [-0.2, -0.15) is 4.39 Å². The highest BCUT2D eigenvalue weighted by molar-refractivity contribution is 5.89. The number of carbonyl (C=O) groups is 1. The highest BCUT2D eigenvalue weighted by Gasteiger charge is 2.12. The van der Waals surface area contributed by atoms with Gasteiger partial charge in [0.25, 0.3) is 0 Å². The predicted octanol–water partition coefficient (Wildman–Crippen LogP) is 0.691. The number of esters is 1. The fraction of sp³-hybridized carbons (Fsp3) is 0.250. The molecule has 0 radical (unpaired) electrons. The second-order valence-electron chi connectivity index (χ2n) is 2.27. The summed E-state index contributed by atoms with van der Waals surface area (Å²) in [5.74, 6) is -1.75. The molecule has 5 heteroatoms. The van der Waals surface area contributed by atoms with Crippen LogP contribution in [0.25, 0.3) is 0 Å². The number of rotatable bonds is 2. The molecule has 0 fully saturated rings. The second kappa shape index (κ2) is 3.84. The molecule has 0 bridgehead atoms. The van der Waals surface area contributed by atoms with E-state index >= 15 is 0 Å². The van der Waals surface area contributed by atoms with Crippen molar-refractivity contribution in [3.8, 4) is 0 Å². The van der Waals surface area contributed by atoms with Crippen LogP contribution in [0.2, 0.25) is 0 Å². The first-order valence-electron chi connectivity index (χ1n) is 3.71. The van der Waals surface area contributed by atoms with Gasteiger partial charge in [0.05, 0.1) is 6.61 Å². The third-order valence-corrected chi connectivity index (χ3v) is 1.37. The largest absolute Gasteiger partial charge is 0.462 e. The molecule has 0 aliphatic rings. The third kappa shape index (κ3) is 2.14. The first-order chi connectivity index (χ1) is 6.15. The van der Waals surface area contributed by atoms with E-state index in [1.165, 1.54) is 0 Å². The zero-order valence-electron chi connectivity index (χ0n) is 6.96.